The fraction of sp³-hybridized carbons (Fsp3) is 0.417. The van der Waals surface area contributed by atoms with E-state index in [4.69, 9.17) is 5.73 Å². The Balaban J connectivity index is 2.23. The maximum absolute atomic E-state index is 5.90. The van der Waals surface area contributed by atoms with Gasteiger partial charge in [0.05, 0.1) is 18.6 Å². The minimum absolute atomic E-state index is 0.0348. The molecule has 0 aliphatic carbocycles. The molecule has 0 aliphatic heterocycles. The number of thiophene rings is 1. The van der Waals surface area contributed by atoms with E-state index in [-0.39, 0.29) is 6.04 Å². The van der Waals surface area contributed by atoms with Crippen LogP contribution in [0.25, 0.3) is 0 Å². The minimum Gasteiger partial charge on any atom is -0.328 e. The van der Waals surface area contributed by atoms with Crippen molar-refractivity contribution in [2.75, 3.05) is 0 Å². The lowest BCUT2D eigenvalue weighted by Gasteiger charge is -2.10. The molecular formula is C12H17N3S. The topological polar surface area (TPSA) is 43.8 Å². The Kier molecular flexibility index (Phi) is 3.41. The van der Waals surface area contributed by atoms with Crippen molar-refractivity contribution in [1.29, 1.82) is 0 Å². The number of hydrogen-bond donors (Lipinski definition) is 1. The Morgan fingerprint density at radius 3 is 3.06 bits per heavy atom. The number of aromatic nitrogens is 2. The molecule has 0 saturated heterocycles. The van der Waals surface area contributed by atoms with Crippen LogP contribution >= 0.6 is 11.3 Å². The zero-order valence-corrected chi connectivity index (χ0v) is 10.5. The molecule has 2 heterocycles. The monoisotopic (exact) mass is 235 g/mol. The van der Waals surface area contributed by atoms with Crippen LogP contribution in [0.15, 0.2) is 24.0 Å². The molecule has 0 aliphatic rings. The van der Waals surface area contributed by atoms with Gasteiger partial charge in [-0.25, -0.2) is 4.98 Å². The van der Waals surface area contributed by atoms with E-state index in [0.717, 1.165) is 18.7 Å². The Hall–Kier alpha value is -1.13. The summed E-state index contributed by atoms with van der Waals surface area (Å²) in [6.07, 6.45) is 4.79. The van der Waals surface area contributed by atoms with Gasteiger partial charge in [-0.15, -0.1) is 11.3 Å². The van der Waals surface area contributed by atoms with Gasteiger partial charge in [0.25, 0.3) is 0 Å². The summed E-state index contributed by atoms with van der Waals surface area (Å²) in [7, 11) is 0. The van der Waals surface area contributed by atoms with Crippen molar-refractivity contribution in [2.24, 2.45) is 5.73 Å². The summed E-state index contributed by atoms with van der Waals surface area (Å²) < 4.78 is 2.13. The molecule has 0 aromatic carbocycles. The Labute approximate surface area is 99.9 Å². The molecule has 2 aromatic rings. The van der Waals surface area contributed by atoms with Gasteiger partial charge in [-0.05, 0) is 30.4 Å². The quantitative estimate of drug-likeness (QED) is 0.885. The van der Waals surface area contributed by atoms with Crippen LogP contribution < -0.4 is 5.73 Å². The highest BCUT2D eigenvalue weighted by Gasteiger charge is 2.09. The van der Waals surface area contributed by atoms with Crippen molar-refractivity contribution < 1.29 is 0 Å². The normalized spacial score (nSPS) is 12.9. The number of rotatable bonds is 4. The highest BCUT2D eigenvalue weighted by Crippen LogP contribution is 2.20. The van der Waals surface area contributed by atoms with Gasteiger partial charge in [-0.2, -0.15) is 0 Å². The Bertz CT molecular complexity index is 456. The summed E-state index contributed by atoms with van der Waals surface area (Å²) >= 11 is 1.80. The van der Waals surface area contributed by atoms with Crippen LogP contribution in [0.4, 0.5) is 0 Å². The lowest BCUT2D eigenvalue weighted by atomic mass is 10.2. The van der Waals surface area contributed by atoms with E-state index in [1.54, 1.807) is 11.3 Å². The highest BCUT2D eigenvalue weighted by atomic mass is 32.1. The van der Waals surface area contributed by atoms with E-state index in [2.05, 4.69) is 27.9 Å². The van der Waals surface area contributed by atoms with E-state index in [1.807, 2.05) is 19.4 Å². The molecule has 16 heavy (non-hydrogen) atoms. The van der Waals surface area contributed by atoms with Crippen molar-refractivity contribution in [3.05, 3.63) is 40.1 Å². The molecule has 2 N–H and O–H groups in total. The molecule has 0 spiro atoms. The first-order valence-electron chi connectivity index (χ1n) is 5.53. The van der Waals surface area contributed by atoms with E-state index >= 15 is 0 Å². The molecule has 0 saturated carbocycles. The van der Waals surface area contributed by atoms with Gasteiger partial charge >= 0.3 is 0 Å². The van der Waals surface area contributed by atoms with Gasteiger partial charge in [0.1, 0.15) is 0 Å². The van der Waals surface area contributed by atoms with Crippen LogP contribution in [0.5, 0.6) is 0 Å². The van der Waals surface area contributed by atoms with Gasteiger partial charge in [0.15, 0.2) is 0 Å². The maximum atomic E-state index is 5.90. The van der Waals surface area contributed by atoms with Crippen molar-refractivity contribution in [2.45, 2.75) is 32.9 Å². The lowest BCUT2D eigenvalue weighted by Crippen LogP contribution is -2.12. The number of nitrogens with zero attached hydrogens (tertiary/aromatic N) is 2. The predicted octanol–water partition coefficient (Wildman–Crippen LogP) is 2.58. The molecule has 0 radical (unpaired) electrons. The van der Waals surface area contributed by atoms with Crippen molar-refractivity contribution in [3.8, 4) is 0 Å². The summed E-state index contributed by atoms with van der Waals surface area (Å²) in [4.78, 5) is 5.57. The molecule has 2 aromatic heterocycles. The molecule has 0 fully saturated rings. The third-order valence-electron chi connectivity index (χ3n) is 2.74. The number of aryl methyl sites for hydroxylation is 1. The predicted molar refractivity (Wildman–Crippen MR) is 67.6 cm³/mol. The molecule has 0 unspecified atom stereocenters. The van der Waals surface area contributed by atoms with Gasteiger partial charge in [0.2, 0.25) is 0 Å². The zero-order chi connectivity index (χ0) is 11.5. The Morgan fingerprint density at radius 1 is 1.56 bits per heavy atom. The summed E-state index contributed by atoms with van der Waals surface area (Å²) in [5.41, 5.74) is 8.42. The summed E-state index contributed by atoms with van der Waals surface area (Å²) in [5.74, 6) is 0. The largest absolute Gasteiger partial charge is 0.328 e. The minimum atomic E-state index is 0.0348. The van der Waals surface area contributed by atoms with Crippen LogP contribution in [0.2, 0.25) is 0 Å². The van der Waals surface area contributed by atoms with Crippen LogP contribution in [-0.4, -0.2) is 9.55 Å². The summed E-state index contributed by atoms with van der Waals surface area (Å²) in [5, 5.41) is 2.15. The summed E-state index contributed by atoms with van der Waals surface area (Å²) in [6.45, 7) is 5.06. The fourth-order valence-corrected chi connectivity index (χ4v) is 2.79. The second-order valence-electron chi connectivity index (χ2n) is 3.96. The SMILES string of the molecule is CCc1ccsc1Cn1cncc1[C@H](C)N. The van der Waals surface area contributed by atoms with Gasteiger partial charge in [-0.3, -0.25) is 0 Å². The standard InChI is InChI=1S/C12H17N3S/c1-3-10-4-5-16-12(10)7-15-8-14-6-11(15)9(2)13/h4-6,8-9H,3,7,13H2,1-2H3/t9-/m0/s1. The first-order chi connectivity index (χ1) is 7.72. The van der Waals surface area contributed by atoms with Gasteiger partial charge < -0.3 is 10.3 Å². The van der Waals surface area contributed by atoms with E-state index in [9.17, 15) is 0 Å². The van der Waals surface area contributed by atoms with Crippen molar-refractivity contribution >= 4 is 11.3 Å². The average molecular weight is 235 g/mol. The molecule has 0 bridgehead atoms. The van der Waals surface area contributed by atoms with Crippen LogP contribution in [0, 0.1) is 0 Å². The molecule has 4 heteroatoms. The van der Waals surface area contributed by atoms with Crippen molar-refractivity contribution in [3.63, 3.8) is 0 Å². The molecular weight excluding hydrogens is 218 g/mol. The zero-order valence-electron chi connectivity index (χ0n) is 9.68. The summed E-state index contributed by atoms with van der Waals surface area (Å²) in [6, 6.07) is 2.23. The first-order valence-corrected chi connectivity index (χ1v) is 6.41. The number of imidazole rings is 1. The average Bonchev–Trinajstić information content (AvgIpc) is 2.86. The number of nitrogens with two attached hydrogens (primary N) is 1. The van der Waals surface area contributed by atoms with Crippen LogP contribution in [-0.2, 0) is 13.0 Å². The van der Waals surface area contributed by atoms with Gasteiger partial charge in [0, 0.05) is 17.1 Å². The maximum Gasteiger partial charge on any atom is 0.0952 e. The van der Waals surface area contributed by atoms with E-state index in [1.165, 1.54) is 10.4 Å². The number of hydrogen-bond acceptors (Lipinski definition) is 3. The highest BCUT2D eigenvalue weighted by molar-refractivity contribution is 7.10. The smallest absolute Gasteiger partial charge is 0.0952 e. The lowest BCUT2D eigenvalue weighted by molar-refractivity contribution is 0.677. The van der Waals surface area contributed by atoms with E-state index < -0.39 is 0 Å². The fourth-order valence-electron chi connectivity index (χ4n) is 1.82. The van der Waals surface area contributed by atoms with Crippen LogP contribution in [0.1, 0.15) is 36.0 Å². The first kappa shape index (κ1) is 11.4. The molecule has 2 rings (SSSR count). The van der Waals surface area contributed by atoms with Gasteiger partial charge in [-0.1, -0.05) is 6.92 Å². The Morgan fingerprint density at radius 2 is 2.38 bits per heavy atom. The van der Waals surface area contributed by atoms with Crippen molar-refractivity contribution in [1.82, 2.24) is 9.55 Å². The third kappa shape index (κ3) is 2.18. The molecule has 0 amide bonds. The van der Waals surface area contributed by atoms with E-state index in [0.29, 0.717) is 0 Å². The third-order valence-corrected chi connectivity index (χ3v) is 3.69. The van der Waals surface area contributed by atoms with Crippen LogP contribution in [0.3, 0.4) is 0 Å². The molecule has 1 atom stereocenters. The second-order valence-corrected chi connectivity index (χ2v) is 4.96. The second kappa shape index (κ2) is 4.80. The molecule has 86 valence electrons. The molecule has 3 nitrogen and oxygen atoms in total.